The van der Waals surface area contributed by atoms with E-state index in [-0.39, 0.29) is 11.3 Å². The van der Waals surface area contributed by atoms with E-state index in [1.807, 2.05) is 24.4 Å². The summed E-state index contributed by atoms with van der Waals surface area (Å²) in [5.74, 6) is 0.451. The van der Waals surface area contributed by atoms with Crippen LogP contribution in [0.3, 0.4) is 0 Å². The van der Waals surface area contributed by atoms with E-state index in [1.165, 1.54) is 0 Å². The molecule has 3 rings (SSSR count). The van der Waals surface area contributed by atoms with Crippen molar-refractivity contribution in [2.45, 2.75) is 24.6 Å². The molecule has 0 saturated heterocycles. The molecule has 0 aromatic carbocycles. The van der Waals surface area contributed by atoms with Gasteiger partial charge in [-0.3, -0.25) is 4.79 Å². The van der Waals surface area contributed by atoms with Gasteiger partial charge in [0.2, 0.25) is 0 Å². The molecule has 2 atom stereocenters. The molecule has 0 aliphatic heterocycles. The average Bonchev–Trinajstić information content (AvgIpc) is 3.02. The van der Waals surface area contributed by atoms with E-state index in [0.29, 0.717) is 18.0 Å². The molecule has 0 radical (unpaired) electrons. The number of halogens is 1. The smallest absolute Gasteiger partial charge is 0.255 e. The first-order chi connectivity index (χ1) is 9.24. The van der Waals surface area contributed by atoms with Crippen molar-refractivity contribution in [1.29, 1.82) is 0 Å². The van der Waals surface area contributed by atoms with E-state index < -0.39 is 0 Å². The van der Waals surface area contributed by atoms with Crippen molar-refractivity contribution < 1.29 is 4.79 Å². The van der Waals surface area contributed by atoms with Crippen LogP contribution in [0.1, 0.15) is 29.6 Å². The van der Waals surface area contributed by atoms with Gasteiger partial charge in [-0.1, -0.05) is 6.07 Å². The average molecular weight is 278 g/mol. The van der Waals surface area contributed by atoms with Gasteiger partial charge >= 0.3 is 0 Å². The minimum atomic E-state index is -0.0563. The van der Waals surface area contributed by atoms with Crippen LogP contribution in [-0.2, 0) is 0 Å². The SMILES string of the molecule is O=C(NCC1CCC(Cl)C1)c1cnn2ccccc12. The van der Waals surface area contributed by atoms with Gasteiger partial charge in [-0.05, 0) is 37.3 Å². The van der Waals surface area contributed by atoms with E-state index >= 15 is 0 Å². The van der Waals surface area contributed by atoms with Crippen LogP contribution in [-0.4, -0.2) is 27.4 Å². The van der Waals surface area contributed by atoms with Crippen LogP contribution in [0.15, 0.2) is 30.6 Å². The summed E-state index contributed by atoms with van der Waals surface area (Å²) < 4.78 is 1.71. The lowest BCUT2D eigenvalue weighted by molar-refractivity contribution is 0.0949. The molecule has 2 aromatic heterocycles. The van der Waals surface area contributed by atoms with E-state index in [2.05, 4.69) is 10.4 Å². The summed E-state index contributed by atoms with van der Waals surface area (Å²) in [6.07, 6.45) is 6.60. The summed E-state index contributed by atoms with van der Waals surface area (Å²) in [6, 6.07) is 5.69. The van der Waals surface area contributed by atoms with Crippen LogP contribution < -0.4 is 5.32 Å². The Morgan fingerprint density at radius 2 is 2.37 bits per heavy atom. The van der Waals surface area contributed by atoms with E-state index in [4.69, 9.17) is 11.6 Å². The molecule has 0 bridgehead atoms. The van der Waals surface area contributed by atoms with Crippen LogP contribution in [0.25, 0.3) is 5.52 Å². The number of amides is 1. The van der Waals surface area contributed by atoms with Crippen molar-refractivity contribution >= 4 is 23.0 Å². The third kappa shape index (κ3) is 2.59. The van der Waals surface area contributed by atoms with Gasteiger partial charge < -0.3 is 5.32 Å². The zero-order chi connectivity index (χ0) is 13.2. The van der Waals surface area contributed by atoms with Crippen LogP contribution in [0.4, 0.5) is 0 Å². The summed E-state index contributed by atoms with van der Waals surface area (Å²) in [7, 11) is 0. The molecule has 1 aliphatic rings. The first-order valence-corrected chi connectivity index (χ1v) is 7.02. The van der Waals surface area contributed by atoms with E-state index in [9.17, 15) is 4.79 Å². The monoisotopic (exact) mass is 277 g/mol. The number of carbonyl (C=O) groups excluding carboxylic acids is 1. The van der Waals surface area contributed by atoms with Crippen molar-refractivity contribution in [2.75, 3.05) is 6.54 Å². The fraction of sp³-hybridized carbons (Fsp3) is 0.429. The fourth-order valence-corrected chi connectivity index (χ4v) is 3.02. The molecule has 1 amide bonds. The predicted octanol–water partition coefficient (Wildman–Crippen LogP) is 2.47. The Bertz CT molecular complexity index is 595. The Hall–Kier alpha value is -1.55. The molecule has 19 heavy (non-hydrogen) atoms. The highest BCUT2D eigenvalue weighted by Crippen LogP contribution is 2.28. The third-order valence-electron chi connectivity index (χ3n) is 3.70. The van der Waals surface area contributed by atoms with Crippen molar-refractivity contribution in [3.8, 4) is 0 Å². The Kier molecular flexibility index (Phi) is 3.42. The van der Waals surface area contributed by atoms with Gasteiger partial charge in [0, 0.05) is 18.1 Å². The zero-order valence-electron chi connectivity index (χ0n) is 10.6. The lowest BCUT2D eigenvalue weighted by Gasteiger charge is -2.10. The quantitative estimate of drug-likeness (QED) is 0.876. The molecule has 2 unspecified atom stereocenters. The van der Waals surface area contributed by atoms with Gasteiger partial charge in [0.25, 0.3) is 5.91 Å². The highest BCUT2D eigenvalue weighted by atomic mass is 35.5. The standard InChI is InChI=1S/C14H16ClN3O/c15-11-5-4-10(7-11)8-16-14(19)12-9-17-18-6-2-1-3-13(12)18/h1-3,6,9-11H,4-5,7-8H2,(H,16,19). The Morgan fingerprint density at radius 1 is 1.47 bits per heavy atom. The van der Waals surface area contributed by atoms with E-state index in [1.54, 1.807) is 10.7 Å². The van der Waals surface area contributed by atoms with Gasteiger partial charge in [-0.2, -0.15) is 5.10 Å². The van der Waals surface area contributed by atoms with Crippen molar-refractivity contribution in [3.63, 3.8) is 0 Å². The molecule has 4 nitrogen and oxygen atoms in total. The number of fused-ring (bicyclic) bond motifs is 1. The Morgan fingerprint density at radius 3 is 3.16 bits per heavy atom. The van der Waals surface area contributed by atoms with Gasteiger partial charge in [0.15, 0.2) is 0 Å². The summed E-state index contributed by atoms with van der Waals surface area (Å²) in [6.45, 7) is 0.701. The van der Waals surface area contributed by atoms with Crippen molar-refractivity contribution in [3.05, 3.63) is 36.2 Å². The predicted molar refractivity (Wildman–Crippen MR) is 74.5 cm³/mol. The van der Waals surface area contributed by atoms with Crippen LogP contribution >= 0.6 is 11.6 Å². The molecule has 1 N–H and O–H groups in total. The molecule has 1 aliphatic carbocycles. The number of nitrogens with one attached hydrogen (secondary N) is 1. The van der Waals surface area contributed by atoms with Crippen LogP contribution in [0.2, 0.25) is 0 Å². The first kappa shape index (κ1) is 12.5. The molecule has 0 spiro atoms. The molecule has 1 saturated carbocycles. The summed E-state index contributed by atoms with van der Waals surface area (Å²) in [5.41, 5.74) is 1.46. The van der Waals surface area contributed by atoms with Gasteiger partial charge in [-0.15, -0.1) is 11.6 Å². The molecular formula is C14H16ClN3O. The Balaban J connectivity index is 1.67. The maximum atomic E-state index is 12.2. The minimum Gasteiger partial charge on any atom is -0.352 e. The third-order valence-corrected chi connectivity index (χ3v) is 4.10. The first-order valence-electron chi connectivity index (χ1n) is 6.58. The van der Waals surface area contributed by atoms with Gasteiger partial charge in [0.05, 0.1) is 17.3 Å². The zero-order valence-corrected chi connectivity index (χ0v) is 11.3. The minimum absolute atomic E-state index is 0.0563. The van der Waals surface area contributed by atoms with Gasteiger partial charge in [0.1, 0.15) is 0 Å². The Labute approximate surface area is 116 Å². The van der Waals surface area contributed by atoms with Crippen LogP contribution in [0.5, 0.6) is 0 Å². The summed E-state index contributed by atoms with van der Waals surface area (Å²) in [5, 5.41) is 7.43. The van der Waals surface area contributed by atoms with E-state index in [0.717, 1.165) is 24.8 Å². The van der Waals surface area contributed by atoms with Crippen molar-refractivity contribution in [2.24, 2.45) is 5.92 Å². The fourth-order valence-electron chi connectivity index (χ4n) is 2.64. The number of alkyl halides is 1. The maximum Gasteiger partial charge on any atom is 0.255 e. The molecular weight excluding hydrogens is 262 g/mol. The highest BCUT2D eigenvalue weighted by Gasteiger charge is 2.23. The number of rotatable bonds is 3. The largest absolute Gasteiger partial charge is 0.352 e. The number of carbonyl (C=O) groups is 1. The molecule has 1 fully saturated rings. The number of aromatic nitrogens is 2. The summed E-state index contributed by atoms with van der Waals surface area (Å²) in [4.78, 5) is 12.2. The number of nitrogens with zero attached hydrogens (tertiary/aromatic N) is 2. The topological polar surface area (TPSA) is 46.4 Å². The van der Waals surface area contributed by atoms with Crippen LogP contribution in [0, 0.1) is 5.92 Å². The number of pyridine rings is 1. The van der Waals surface area contributed by atoms with Gasteiger partial charge in [-0.25, -0.2) is 4.52 Å². The maximum absolute atomic E-state index is 12.2. The highest BCUT2D eigenvalue weighted by molar-refractivity contribution is 6.20. The number of hydrogen-bond acceptors (Lipinski definition) is 2. The second kappa shape index (κ2) is 5.21. The lowest BCUT2D eigenvalue weighted by atomic mass is 10.1. The molecule has 5 heteroatoms. The molecule has 100 valence electrons. The normalized spacial score (nSPS) is 22.8. The van der Waals surface area contributed by atoms with Crippen molar-refractivity contribution in [1.82, 2.24) is 14.9 Å². The second-order valence-electron chi connectivity index (χ2n) is 5.08. The summed E-state index contributed by atoms with van der Waals surface area (Å²) >= 11 is 6.07. The number of hydrogen-bond donors (Lipinski definition) is 1. The second-order valence-corrected chi connectivity index (χ2v) is 5.69. The molecule has 2 aromatic rings. The molecule has 2 heterocycles. The lowest BCUT2D eigenvalue weighted by Crippen LogP contribution is -2.28.